The van der Waals surface area contributed by atoms with Crippen molar-refractivity contribution in [3.8, 4) is 23.0 Å². The number of carbonyl (C=O) groups excluding carboxylic acids is 1. The molecule has 0 aliphatic carbocycles. The minimum absolute atomic E-state index is 0.213. The van der Waals surface area contributed by atoms with E-state index in [1.807, 2.05) is 12.1 Å². The summed E-state index contributed by atoms with van der Waals surface area (Å²) in [6, 6.07) is 9.06. The second-order valence-electron chi connectivity index (χ2n) is 6.06. The third-order valence-corrected chi connectivity index (χ3v) is 4.74. The molecule has 0 N–H and O–H groups in total. The summed E-state index contributed by atoms with van der Waals surface area (Å²) < 4.78 is 21.5. The van der Waals surface area contributed by atoms with E-state index in [0.717, 1.165) is 11.1 Å². The van der Waals surface area contributed by atoms with Crippen LogP contribution in [0.25, 0.3) is 5.70 Å². The number of hydrogen-bond donors (Lipinski definition) is 0. The Bertz CT molecular complexity index is 868. The molecule has 0 atom stereocenters. The van der Waals surface area contributed by atoms with Crippen molar-refractivity contribution in [2.45, 2.75) is 6.42 Å². The quantitative estimate of drug-likeness (QED) is 0.809. The van der Waals surface area contributed by atoms with Crippen molar-refractivity contribution in [2.24, 2.45) is 0 Å². The Morgan fingerprint density at radius 3 is 2.04 bits per heavy atom. The first kappa shape index (κ1) is 18.6. The Hall–Kier alpha value is -3.15. The third kappa shape index (κ3) is 3.18. The number of carbonyl (C=O) groups is 1. The second kappa shape index (κ2) is 7.61. The maximum absolute atomic E-state index is 13.3. The summed E-state index contributed by atoms with van der Waals surface area (Å²) in [6.45, 7) is 4.65. The van der Waals surface area contributed by atoms with Crippen LogP contribution in [0.2, 0.25) is 0 Å². The Labute approximate surface area is 158 Å². The molecule has 6 heteroatoms. The summed E-state index contributed by atoms with van der Waals surface area (Å²) >= 11 is 0. The fourth-order valence-electron chi connectivity index (χ4n) is 3.33. The monoisotopic (exact) mass is 369 g/mol. The number of nitrogens with zero attached hydrogens (tertiary/aromatic N) is 1. The van der Waals surface area contributed by atoms with E-state index < -0.39 is 0 Å². The van der Waals surface area contributed by atoms with E-state index in [9.17, 15) is 4.79 Å². The molecular formula is C21H23NO5. The van der Waals surface area contributed by atoms with Gasteiger partial charge in [-0.15, -0.1) is 0 Å². The minimum Gasteiger partial charge on any atom is -0.496 e. The summed E-state index contributed by atoms with van der Waals surface area (Å²) in [4.78, 5) is 15.0. The fraction of sp³-hybridized carbons (Fsp3) is 0.286. The van der Waals surface area contributed by atoms with Gasteiger partial charge in [0.1, 0.15) is 17.1 Å². The zero-order chi connectivity index (χ0) is 19.6. The van der Waals surface area contributed by atoms with Gasteiger partial charge in [0.2, 0.25) is 0 Å². The van der Waals surface area contributed by atoms with Crippen LogP contribution in [0.3, 0.4) is 0 Å². The lowest BCUT2D eigenvalue weighted by Gasteiger charge is -2.32. The first-order valence-corrected chi connectivity index (χ1v) is 8.52. The van der Waals surface area contributed by atoms with Gasteiger partial charge in [0.05, 0.1) is 28.4 Å². The number of hydrogen-bond acceptors (Lipinski definition) is 5. The molecule has 27 heavy (non-hydrogen) atoms. The lowest BCUT2D eigenvalue weighted by Crippen LogP contribution is -2.35. The van der Waals surface area contributed by atoms with Crippen LogP contribution in [-0.4, -0.2) is 45.8 Å². The van der Waals surface area contributed by atoms with Gasteiger partial charge in [-0.1, -0.05) is 12.6 Å². The van der Waals surface area contributed by atoms with Crippen molar-refractivity contribution in [3.05, 3.63) is 53.6 Å². The van der Waals surface area contributed by atoms with E-state index in [0.29, 0.717) is 47.2 Å². The molecule has 3 rings (SSSR count). The SMILES string of the molecule is C=C1c2cc(OC)c(OC)cc2CCN1C(=O)c1c(OC)cccc1OC. The molecular weight excluding hydrogens is 346 g/mol. The maximum Gasteiger partial charge on any atom is 0.265 e. The van der Waals surface area contributed by atoms with E-state index in [2.05, 4.69) is 6.58 Å². The molecule has 2 aromatic rings. The van der Waals surface area contributed by atoms with Crippen molar-refractivity contribution in [1.82, 2.24) is 4.90 Å². The summed E-state index contributed by atoms with van der Waals surface area (Å²) in [5.41, 5.74) is 2.91. The summed E-state index contributed by atoms with van der Waals surface area (Å²) in [7, 11) is 6.25. The molecule has 0 fully saturated rings. The smallest absolute Gasteiger partial charge is 0.265 e. The van der Waals surface area contributed by atoms with Crippen LogP contribution >= 0.6 is 0 Å². The summed E-state index contributed by atoms with van der Waals surface area (Å²) in [5.74, 6) is 1.97. The number of methoxy groups -OCH3 is 4. The van der Waals surface area contributed by atoms with Gasteiger partial charge in [-0.25, -0.2) is 0 Å². The van der Waals surface area contributed by atoms with Crippen LogP contribution in [0.15, 0.2) is 36.9 Å². The fourth-order valence-corrected chi connectivity index (χ4v) is 3.33. The largest absolute Gasteiger partial charge is 0.496 e. The van der Waals surface area contributed by atoms with Gasteiger partial charge in [0.15, 0.2) is 11.5 Å². The number of benzene rings is 2. The minimum atomic E-state index is -0.213. The van der Waals surface area contributed by atoms with Crippen LogP contribution in [-0.2, 0) is 6.42 Å². The molecule has 1 aliphatic rings. The van der Waals surface area contributed by atoms with Crippen molar-refractivity contribution >= 4 is 11.6 Å². The van der Waals surface area contributed by atoms with Gasteiger partial charge in [0.25, 0.3) is 5.91 Å². The van der Waals surface area contributed by atoms with Crippen molar-refractivity contribution < 1.29 is 23.7 Å². The van der Waals surface area contributed by atoms with Gasteiger partial charge in [-0.3, -0.25) is 4.79 Å². The number of fused-ring (bicyclic) bond motifs is 1. The molecule has 2 aromatic carbocycles. The predicted molar refractivity (Wildman–Crippen MR) is 103 cm³/mol. The van der Waals surface area contributed by atoms with Crippen LogP contribution in [0.4, 0.5) is 0 Å². The van der Waals surface area contributed by atoms with E-state index >= 15 is 0 Å². The lowest BCUT2D eigenvalue weighted by atomic mass is 9.95. The normalized spacial score (nSPS) is 13.0. The first-order valence-electron chi connectivity index (χ1n) is 8.52. The molecule has 0 radical (unpaired) electrons. The average Bonchev–Trinajstić information content (AvgIpc) is 2.71. The topological polar surface area (TPSA) is 57.2 Å². The third-order valence-electron chi connectivity index (χ3n) is 4.74. The molecule has 142 valence electrons. The van der Waals surface area contributed by atoms with E-state index in [4.69, 9.17) is 18.9 Å². The predicted octanol–water partition coefficient (Wildman–Crippen LogP) is 3.39. The average molecular weight is 369 g/mol. The molecule has 0 saturated carbocycles. The highest BCUT2D eigenvalue weighted by molar-refractivity contribution is 6.04. The highest BCUT2D eigenvalue weighted by atomic mass is 16.5. The summed E-state index contributed by atoms with van der Waals surface area (Å²) in [6.07, 6.45) is 0.678. The number of rotatable bonds is 5. The highest BCUT2D eigenvalue weighted by Gasteiger charge is 2.30. The van der Waals surface area contributed by atoms with Crippen LogP contribution in [0.1, 0.15) is 21.5 Å². The van der Waals surface area contributed by atoms with Gasteiger partial charge >= 0.3 is 0 Å². The van der Waals surface area contributed by atoms with Crippen LogP contribution < -0.4 is 18.9 Å². The van der Waals surface area contributed by atoms with E-state index in [1.165, 1.54) is 14.2 Å². The molecule has 1 aliphatic heterocycles. The van der Waals surface area contributed by atoms with Gasteiger partial charge in [0, 0.05) is 17.8 Å². The Morgan fingerprint density at radius 1 is 0.926 bits per heavy atom. The number of amides is 1. The zero-order valence-corrected chi connectivity index (χ0v) is 16.0. The van der Waals surface area contributed by atoms with E-state index in [1.54, 1.807) is 37.3 Å². The molecule has 0 bridgehead atoms. The molecule has 0 saturated heterocycles. The number of ether oxygens (including phenoxy) is 4. The zero-order valence-electron chi connectivity index (χ0n) is 16.0. The Kier molecular flexibility index (Phi) is 5.26. The first-order chi connectivity index (χ1) is 13.0. The van der Waals surface area contributed by atoms with Crippen LogP contribution in [0, 0.1) is 0 Å². The molecule has 0 spiro atoms. The molecule has 1 amide bonds. The van der Waals surface area contributed by atoms with Gasteiger partial charge in [-0.2, -0.15) is 0 Å². The highest BCUT2D eigenvalue weighted by Crippen LogP contribution is 2.39. The second-order valence-corrected chi connectivity index (χ2v) is 6.06. The maximum atomic E-state index is 13.3. The Morgan fingerprint density at radius 2 is 1.48 bits per heavy atom. The van der Waals surface area contributed by atoms with Crippen LogP contribution in [0.5, 0.6) is 23.0 Å². The molecule has 0 aromatic heterocycles. The van der Waals surface area contributed by atoms with E-state index in [-0.39, 0.29) is 5.91 Å². The summed E-state index contributed by atoms with van der Waals surface area (Å²) in [5, 5.41) is 0. The van der Waals surface area contributed by atoms with Gasteiger partial charge in [-0.05, 0) is 36.2 Å². The van der Waals surface area contributed by atoms with Crippen molar-refractivity contribution in [3.63, 3.8) is 0 Å². The molecule has 6 nitrogen and oxygen atoms in total. The lowest BCUT2D eigenvalue weighted by molar-refractivity contribution is 0.0826. The van der Waals surface area contributed by atoms with Crippen molar-refractivity contribution in [1.29, 1.82) is 0 Å². The standard InChI is InChI=1S/C21H23NO5/c1-13-15-12-19(27-5)18(26-4)11-14(15)9-10-22(13)21(23)20-16(24-2)7-6-8-17(20)25-3/h6-8,11-12H,1,9-10H2,2-5H3. The molecule has 1 heterocycles. The molecule has 0 unspecified atom stereocenters. The Balaban J connectivity index is 2.02. The van der Waals surface area contributed by atoms with Crippen molar-refractivity contribution in [2.75, 3.05) is 35.0 Å². The van der Waals surface area contributed by atoms with Gasteiger partial charge < -0.3 is 23.8 Å².